The molecule has 2 aliphatic rings. The Labute approximate surface area is 67.7 Å². The predicted octanol–water partition coefficient (Wildman–Crippen LogP) is -0.464. The molecule has 2 heterocycles. The molecule has 0 aliphatic carbocycles. The maximum Gasteiger partial charge on any atom is 0.0532 e. The smallest absolute Gasteiger partial charge is 0.0532 e. The van der Waals surface area contributed by atoms with Gasteiger partial charge in [-0.1, -0.05) is 0 Å². The van der Waals surface area contributed by atoms with Gasteiger partial charge in [0.15, 0.2) is 0 Å². The number of likely N-dealkylation sites (N-methyl/N-ethyl adjacent to an activating group) is 1. The van der Waals surface area contributed by atoms with E-state index in [1.807, 2.05) is 0 Å². The van der Waals surface area contributed by atoms with E-state index in [0.29, 0.717) is 0 Å². The minimum absolute atomic E-state index is 0.720. The lowest BCUT2D eigenvalue weighted by Crippen LogP contribution is -2.56. The lowest BCUT2D eigenvalue weighted by molar-refractivity contribution is -0.0742. The molecule has 2 saturated heterocycles. The minimum atomic E-state index is 0.720. The molecular formula is C8H16N2O. The average molecular weight is 156 g/mol. The van der Waals surface area contributed by atoms with Gasteiger partial charge >= 0.3 is 0 Å². The number of nitrogens with zero attached hydrogens (tertiary/aromatic N) is 1. The van der Waals surface area contributed by atoms with E-state index in [1.54, 1.807) is 0 Å². The summed E-state index contributed by atoms with van der Waals surface area (Å²) in [7, 11) is 2.21. The Morgan fingerprint density at radius 3 is 2.82 bits per heavy atom. The number of hydrogen-bond acceptors (Lipinski definition) is 3. The predicted molar refractivity (Wildman–Crippen MR) is 43.6 cm³/mol. The van der Waals surface area contributed by atoms with E-state index in [2.05, 4.69) is 17.3 Å². The van der Waals surface area contributed by atoms with Crippen LogP contribution in [0.5, 0.6) is 0 Å². The molecule has 0 radical (unpaired) electrons. The number of nitrogens with one attached hydrogen (secondary N) is 1. The van der Waals surface area contributed by atoms with Crippen LogP contribution in [0.3, 0.4) is 0 Å². The lowest BCUT2D eigenvalue weighted by Gasteiger charge is -2.42. The molecule has 11 heavy (non-hydrogen) atoms. The summed E-state index contributed by atoms with van der Waals surface area (Å²) in [6.07, 6.45) is 0. The fourth-order valence-electron chi connectivity index (χ4n) is 1.83. The first-order valence-electron chi connectivity index (χ1n) is 4.36. The van der Waals surface area contributed by atoms with Crippen LogP contribution in [-0.2, 0) is 4.74 Å². The zero-order valence-corrected chi connectivity index (χ0v) is 7.05. The van der Waals surface area contributed by atoms with Crippen molar-refractivity contribution in [3.63, 3.8) is 0 Å². The largest absolute Gasteiger partial charge is 0.381 e. The van der Waals surface area contributed by atoms with Gasteiger partial charge in [-0.2, -0.15) is 0 Å². The first kappa shape index (κ1) is 7.53. The highest BCUT2D eigenvalue weighted by Gasteiger charge is 2.32. The summed E-state index contributed by atoms with van der Waals surface area (Å²) in [5.74, 6) is 0.785. The molecule has 0 amide bonds. The molecule has 0 aromatic rings. The van der Waals surface area contributed by atoms with Crippen molar-refractivity contribution >= 4 is 0 Å². The summed E-state index contributed by atoms with van der Waals surface area (Å²) in [6.45, 7) is 5.40. The molecular weight excluding hydrogens is 140 g/mol. The van der Waals surface area contributed by atoms with Gasteiger partial charge in [-0.25, -0.2) is 0 Å². The standard InChI is InChI=1S/C8H16N2O/c1-10-3-2-9-4-8(10)7-5-11-6-7/h7-9H,2-6H2,1H3. The number of hydrogen-bond donors (Lipinski definition) is 1. The van der Waals surface area contributed by atoms with Gasteiger partial charge in [0.05, 0.1) is 13.2 Å². The van der Waals surface area contributed by atoms with Gasteiger partial charge in [0.2, 0.25) is 0 Å². The van der Waals surface area contributed by atoms with E-state index in [0.717, 1.165) is 38.3 Å². The van der Waals surface area contributed by atoms with Crippen molar-refractivity contribution in [1.82, 2.24) is 10.2 Å². The molecule has 1 atom stereocenters. The molecule has 3 nitrogen and oxygen atoms in total. The van der Waals surface area contributed by atoms with Gasteiger partial charge in [0, 0.05) is 31.6 Å². The molecule has 64 valence electrons. The summed E-state index contributed by atoms with van der Waals surface area (Å²) < 4.78 is 5.18. The van der Waals surface area contributed by atoms with Gasteiger partial charge in [0.1, 0.15) is 0 Å². The third-order valence-electron chi connectivity index (χ3n) is 2.77. The maximum atomic E-state index is 5.18. The summed E-state index contributed by atoms with van der Waals surface area (Å²) in [6, 6.07) is 0.720. The van der Waals surface area contributed by atoms with Crippen molar-refractivity contribution in [1.29, 1.82) is 0 Å². The first-order valence-corrected chi connectivity index (χ1v) is 4.36. The maximum absolute atomic E-state index is 5.18. The summed E-state index contributed by atoms with van der Waals surface area (Å²) in [5, 5.41) is 3.42. The van der Waals surface area contributed by atoms with Crippen molar-refractivity contribution < 1.29 is 4.74 Å². The molecule has 0 aromatic carbocycles. The quantitative estimate of drug-likeness (QED) is 0.556. The fourth-order valence-corrected chi connectivity index (χ4v) is 1.83. The Hall–Kier alpha value is -0.120. The van der Waals surface area contributed by atoms with Crippen molar-refractivity contribution in [2.45, 2.75) is 6.04 Å². The summed E-state index contributed by atoms with van der Waals surface area (Å²) in [4.78, 5) is 2.45. The lowest BCUT2D eigenvalue weighted by atomic mass is 9.95. The van der Waals surface area contributed by atoms with E-state index >= 15 is 0 Å². The number of piperazine rings is 1. The Bertz CT molecular complexity index is 134. The Morgan fingerprint density at radius 2 is 2.27 bits per heavy atom. The average Bonchev–Trinajstić information content (AvgIpc) is 1.90. The monoisotopic (exact) mass is 156 g/mol. The van der Waals surface area contributed by atoms with E-state index in [9.17, 15) is 0 Å². The van der Waals surface area contributed by atoms with Crippen LogP contribution in [0.4, 0.5) is 0 Å². The third kappa shape index (κ3) is 1.41. The SMILES string of the molecule is CN1CCNCC1C1COC1. The van der Waals surface area contributed by atoms with E-state index in [1.165, 1.54) is 6.54 Å². The topological polar surface area (TPSA) is 24.5 Å². The molecule has 2 fully saturated rings. The van der Waals surface area contributed by atoms with E-state index in [4.69, 9.17) is 4.74 Å². The third-order valence-corrected chi connectivity index (χ3v) is 2.77. The highest BCUT2D eigenvalue weighted by atomic mass is 16.5. The van der Waals surface area contributed by atoms with Gasteiger partial charge < -0.3 is 15.0 Å². The molecule has 0 aromatic heterocycles. The normalized spacial score (nSPS) is 35.2. The molecule has 3 heteroatoms. The minimum Gasteiger partial charge on any atom is -0.381 e. The highest BCUT2D eigenvalue weighted by Crippen LogP contribution is 2.19. The summed E-state index contributed by atoms with van der Waals surface area (Å²) >= 11 is 0. The van der Waals surface area contributed by atoms with Crippen LogP contribution in [0.25, 0.3) is 0 Å². The van der Waals surface area contributed by atoms with Gasteiger partial charge in [0.25, 0.3) is 0 Å². The second-order valence-electron chi connectivity index (χ2n) is 3.55. The Kier molecular flexibility index (Phi) is 2.11. The van der Waals surface area contributed by atoms with Crippen LogP contribution in [0.1, 0.15) is 0 Å². The van der Waals surface area contributed by atoms with Gasteiger partial charge in [-0.3, -0.25) is 0 Å². The molecule has 0 bridgehead atoms. The Morgan fingerprint density at radius 1 is 1.45 bits per heavy atom. The molecule has 1 unspecified atom stereocenters. The molecule has 2 aliphatic heterocycles. The van der Waals surface area contributed by atoms with E-state index in [-0.39, 0.29) is 0 Å². The van der Waals surface area contributed by atoms with Crippen molar-refractivity contribution in [2.24, 2.45) is 5.92 Å². The van der Waals surface area contributed by atoms with Gasteiger partial charge in [-0.15, -0.1) is 0 Å². The molecule has 2 rings (SSSR count). The summed E-state index contributed by atoms with van der Waals surface area (Å²) in [5.41, 5.74) is 0. The van der Waals surface area contributed by atoms with Crippen molar-refractivity contribution in [3.05, 3.63) is 0 Å². The molecule has 1 N–H and O–H groups in total. The number of ether oxygens (including phenoxy) is 1. The number of rotatable bonds is 1. The van der Waals surface area contributed by atoms with Crippen LogP contribution in [0.15, 0.2) is 0 Å². The molecule has 0 saturated carbocycles. The van der Waals surface area contributed by atoms with Crippen LogP contribution >= 0.6 is 0 Å². The van der Waals surface area contributed by atoms with Gasteiger partial charge in [-0.05, 0) is 7.05 Å². The fraction of sp³-hybridized carbons (Fsp3) is 1.00. The van der Waals surface area contributed by atoms with Crippen LogP contribution in [0.2, 0.25) is 0 Å². The van der Waals surface area contributed by atoms with Crippen molar-refractivity contribution in [2.75, 3.05) is 39.9 Å². The molecule has 0 spiro atoms. The Balaban J connectivity index is 1.88. The van der Waals surface area contributed by atoms with Crippen LogP contribution < -0.4 is 5.32 Å². The van der Waals surface area contributed by atoms with Crippen LogP contribution in [-0.4, -0.2) is 50.8 Å². The zero-order chi connectivity index (χ0) is 7.68. The first-order chi connectivity index (χ1) is 5.38. The zero-order valence-electron chi connectivity index (χ0n) is 7.05. The van der Waals surface area contributed by atoms with E-state index < -0.39 is 0 Å². The second-order valence-corrected chi connectivity index (χ2v) is 3.55. The highest BCUT2D eigenvalue weighted by molar-refractivity contribution is 4.86. The van der Waals surface area contributed by atoms with Crippen molar-refractivity contribution in [3.8, 4) is 0 Å². The second kappa shape index (κ2) is 3.09. The van der Waals surface area contributed by atoms with Crippen LogP contribution in [0, 0.1) is 5.92 Å².